The third-order valence-electron chi connectivity index (χ3n) is 7.12. The van der Waals surface area contributed by atoms with Crippen LogP contribution in [0.5, 0.6) is 5.75 Å². The van der Waals surface area contributed by atoms with Gasteiger partial charge in [-0.3, -0.25) is 9.93 Å². The van der Waals surface area contributed by atoms with Gasteiger partial charge in [0, 0.05) is 13.1 Å². The molecule has 214 valence electrons. The molecular formula is C26H36ClF3N2O5S. The van der Waals surface area contributed by atoms with Gasteiger partial charge >= 0.3 is 6.18 Å². The molecular weight excluding hydrogens is 545 g/mol. The van der Waals surface area contributed by atoms with Crippen molar-refractivity contribution < 1.29 is 36.4 Å². The monoisotopic (exact) mass is 580 g/mol. The lowest BCUT2D eigenvalue weighted by molar-refractivity contribution is -0.161. The minimum atomic E-state index is -4.66. The molecule has 1 aromatic carbocycles. The van der Waals surface area contributed by atoms with Crippen LogP contribution in [0, 0.1) is 5.92 Å². The average molecular weight is 581 g/mol. The van der Waals surface area contributed by atoms with Gasteiger partial charge in [-0.25, -0.2) is 4.21 Å². The SMILES string of the molecule is C=CCOc1cc(C(F)(F)F)c(Cl)cc1[C@H](CC(C)(C)S(N)=O)C1CCN(C(=O)[C@H]2COC(C)(C)O2)CC1. The number of hydrogen-bond donors (Lipinski definition) is 1. The summed E-state index contributed by atoms with van der Waals surface area (Å²) in [4.78, 5) is 14.7. The Morgan fingerprint density at radius 2 is 1.97 bits per heavy atom. The Kier molecular flexibility index (Phi) is 9.62. The van der Waals surface area contributed by atoms with Crippen molar-refractivity contribution in [3.05, 3.63) is 40.9 Å². The van der Waals surface area contributed by atoms with Crippen molar-refractivity contribution in [3.63, 3.8) is 0 Å². The van der Waals surface area contributed by atoms with Crippen LogP contribution in [0.1, 0.15) is 64.0 Å². The Bertz CT molecular complexity index is 1060. The van der Waals surface area contributed by atoms with Gasteiger partial charge in [0.2, 0.25) is 0 Å². The van der Waals surface area contributed by atoms with E-state index in [0.29, 0.717) is 37.9 Å². The van der Waals surface area contributed by atoms with E-state index in [-0.39, 0.29) is 36.7 Å². The molecule has 1 amide bonds. The number of alkyl halides is 3. The zero-order valence-electron chi connectivity index (χ0n) is 22.1. The fourth-order valence-corrected chi connectivity index (χ4v) is 5.65. The Labute approximate surface area is 229 Å². The van der Waals surface area contributed by atoms with Crippen molar-refractivity contribution in [2.45, 2.75) is 75.7 Å². The lowest BCUT2D eigenvalue weighted by atomic mass is 9.75. The number of nitrogens with zero attached hydrogens (tertiary/aromatic N) is 1. The zero-order valence-corrected chi connectivity index (χ0v) is 23.7. The second-order valence-corrected chi connectivity index (χ2v) is 12.9. The summed E-state index contributed by atoms with van der Waals surface area (Å²) in [5.74, 6) is -1.36. The summed E-state index contributed by atoms with van der Waals surface area (Å²) in [5.41, 5.74) is -0.507. The molecule has 3 atom stereocenters. The van der Waals surface area contributed by atoms with Gasteiger partial charge in [0.05, 0.1) is 32.9 Å². The molecule has 3 rings (SSSR count). The number of piperidine rings is 1. The van der Waals surface area contributed by atoms with Crippen LogP contribution in [-0.2, 0) is 31.4 Å². The van der Waals surface area contributed by atoms with Gasteiger partial charge in [-0.2, -0.15) is 13.2 Å². The molecule has 2 aliphatic heterocycles. The minimum absolute atomic E-state index is 0.00237. The van der Waals surface area contributed by atoms with Crippen molar-refractivity contribution in [2.75, 3.05) is 26.3 Å². The zero-order chi connectivity index (χ0) is 28.5. The molecule has 2 N–H and O–H groups in total. The molecule has 12 heteroatoms. The minimum Gasteiger partial charge on any atom is -0.489 e. The first-order valence-corrected chi connectivity index (χ1v) is 14.1. The molecule has 1 aromatic rings. The maximum Gasteiger partial charge on any atom is 0.417 e. The van der Waals surface area contributed by atoms with Crippen LogP contribution in [-0.4, -0.2) is 58.0 Å². The van der Waals surface area contributed by atoms with Crippen molar-refractivity contribution in [3.8, 4) is 5.75 Å². The van der Waals surface area contributed by atoms with Gasteiger partial charge in [-0.15, -0.1) is 0 Å². The topological polar surface area (TPSA) is 91.1 Å². The number of halogens is 4. The fraction of sp³-hybridized carbons (Fsp3) is 0.654. The number of carbonyl (C=O) groups excluding carboxylic acids is 1. The van der Waals surface area contributed by atoms with Crippen molar-refractivity contribution in [1.29, 1.82) is 0 Å². The molecule has 0 radical (unpaired) electrons. The Balaban J connectivity index is 1.92. The van der Waals surface area contributed by atoms with E-state index in [1.54, 1.807) is 32.6 Å². The van der Waals surface area contributed by atoms with Gasteiger partial charge in [0.25, 0.3) is 5.91 Å². The first-order chi connectivity index (χ1) is 17.6. The third-order valence-corrected chi connectivity index (χ3v) is 8.69. The number of benzene rings is 1. The quantitative estimate of drug-likeness (QED) is 0.406. The average Bonchev–Trinajstić information content (AvgIpc) is 3.20. The summed E-state index contributed by atoms with van der Waals surface area (Å²) in [5, 5.41) is 5.34. The largest absolute Gasteiger partial charge is 0.489 e. The lowest BCUT2D eigenvalue weighted by Crippen LogP contribution is -2.46. The van der Waals surface area contributed by atoms with Crippen LogP contribution in [0.4, 0.5) is 13.2 Å². The molecule has 0 aliphatic carbocycles. The summed E-state index contributed by atoms with van der Waals surface area (Å²) >= 11 is 6.14. The first kappa shape index (κ1) is 30.9. The highest BCUT2D eigenvalue weighted by Crippen LogP contribution is 2.47. The summed E-state index contributed by atoms with van der Waals surface area (Å²) in [6.07, 6.45) is -2.44. The molecule has 2 aliphatic rings. The van der Waals surface area contributed by atoms with Crippen LogP contribution in [0.2, 0.25) is 5.02 Å². The van der Waals surface area contributed by atoms with Gasteiger partial charge in [-0.1, -0.05) is 24.3 Å². The van der Waals surface area contributed by atoms with Gasteiger partial charge < -0.3 is 19.1 Å². The number of likely N-dealkylation sites (tertiary alicyclic amines) is 1. The third kappa shape index (κ3) is 7.29. The van der Waals surface area contributed by atoms with Gasteiger partial charge in [0.15, 0.2) is 11.9 Å². The van der Waals surface area contributed by atoms with Crippen LogP contribution < -0.4 is 9.88 Å². The highest BCUT2D eigenvalue weighted by atomic mass is 35.5. The van der Waals surface area contributed by atoms with Crippen LogP contribution >= 0.6 is 11.6 Å². The molecule has 38 heavy (non-hydrogen) atoms. The number of rotatable bonds is 9. The summed E-state index contributed by atoms with van der Waals surface area (Å²) in [6, 6.07) is 2.21. The molecule has 1 unspecified atom stereocenters. The second kappa shape index (κ2) is 11.8. The van der Waals surface area contributed by atoms with Crippen LogP contribution in [0.25, 0.3) is 0 Å². The fourth-order valence-electron chi connectivity index (χ4n) is 5.03. The second-order valence-electron chi connectivity index (χ2n) is 10.8. The van der Waals surface area contributed by atoms with E-state index < -0.39 is 44.4 Å². The number of carbonyl (C=O) groups is 1. The van der Waals surface area contributed by atoms with Gasteiger partial charge in [-0.05, 0) is 76.5 Å². The smallest absolute Gasteiger partial charge is 0.417 e. The standard InChI is InChI=1S/C26H36ClF3N2O5S/c1-6-11-35-21-13-19(26(28,29)30)20(27)12-17(21)18(14-24(2,3)38(31)34)16-7-9-32(10-8-16)23(33)22-15-36-25(4,5)37-22/h6,12-13,16,18,22H,1,7-11,14-15,31H2,2-5H3/t18-,22-,38?/m1/s1. The number of nitrogens with two attached hydrogens (primary N) is 1. The Hall–Kier alpha value is -1.66. The lowest BCUT2D eigenvalue weighted by Gasteiger charge is -2.39. The molecule has 0 spiro atoms. The number of hydrogen-bond acceptors (Lipinski definition) is 5. The molecule has 0 aromatic heterocycles. The van der Waals surface area contributed by atoms with Gasteiger partial charge in [0.1, 0.15) is 12.4 Å². The van der Waals surface area contributed by atoms with E-state index in [1.807, 2.05) is 0 Å². The molecule has 2 saturated heterocycles. The normalized spacial score (nSPS) is 22.2. The summed E-state index contributed by atoms with van der Waals surface area (Å²) < 4.78 is 69.4. The highest BCUT2D eigenvalue weighted by molar-refractivity contribution is 7.84. The molecule has 0 saturated carbocycles. The van der Waals surface area contributed by atoms with E-state index in [2.05, 4.69) is 6.58 Å². The molecule has 7 nitrogen and oxygen atoms in total. The molecule has 2 heterocycles. The molecule has 2 fully saturated rings. The number of ether oxygens (including phenoxy) is 3. The van der Waals surface area contributed by atoms with E-state index >= 15 is 0 Å². The van der Waals surface area contributed by atoms with E-state index in [1.165, 1.54) is 12.1 Å². The molecule has 0 bridgehead atoms. The van der Waals surface area contributed by atoms with Crippen LogP contribution in [0.15, 0.2) is 24.8 Å². The predicted molar refractivity (Wildman–Crippen MR) is 140 cm³/mol. The van der Waals surface area contributed by atoms with E-state index in [4.69, 9.17) is 31.0 Å². The summed E-state index contributed by atoms with van der Waals surface area (Å²) in [7, 11) is -1.70. The highest BCUT2D eigenvalue weighted by Gasteiger charge is 2.42. The Morgan fingerprint density at radius 1 is 1.34 bits per heavy atom. The van der Waals surface area contributed by atoms with Crippen molar-refractivity contribution >= 4 is 28.5 Å². The Morgan fingerprint density at radius 3 is 2.47 bits per heavy atom. The van der Waals surface area contributed by atoms with Crippen molar-refractivity contribution in [2.24, 2.45) is 11.1 Å². The van der Waals surface area contributed by atoms with E-state index in [0.717, 1.165) is 6.07 Å². The first-order valence-electron chi connectivity index (χ1n) is 12.5. The predicted octanol–water partition coefficient (Wildman–Crippen LogP) is 5.19. The summed E-state index contributed by atoms with van der Waals surface area (Å²) in [6.45, 7) is 11.6. The van der Waals surface area contributed by atoms with E-state index in [9.17, 15) is 22.2 Å². The van der Waals surface area contributed by atoms with Crippen molar-refractivity contribution in [1.82, 2.24) is 4.90 Å². The maximum atomic E-state index is 13.6. The van der Waals surface area contributed by atoms with Crippen LogP contribution in [0.3, 0.4) is 0 Å². The maximum absolute atomic E-state index is 13.6. The number of amides is 1.